The zero-order valence-corrected chi connectivity index (χ0v) is 20.0. The lowest BCUT2D eigenvalue weighted by Crippen LogP contribution is -2.23. The largest absolute Gasteiger partial charge is 0.507 e. The molecule has 2 aliphatic rings. The van der Waals surface area contributed by atoms with Crippen molar-refractivity contribution in [3.05, 3.63) is 58.7 Å². The van der Waals surface area contributed by atoms with Gasteiger partial charge in [-0.3, -0.25) is 9.59 Å². The van der Waals surface area contributed by atoms with Crippen LogP contribution in [0.2, 0.25) is 0 Å². The topological polar surface area (TPSA) is 99.1 Å². The van der Waals surface area contributed by atoms with Gasteiger partial charge in [-0.1, -0.05) is 24.3 Å². The Morgan fingerprint density at radius 2 is 1.80 bits per heavy atom. The van der Waals surface area contributed by atoms with Crippen LogP contribution in [0.1, 0.15) is 84.8 Å². The van der Waals surface area contributed by atoms with Crippen LogP contribution in [0.15, 0.2) is 36.4 Å². The molecule has 0 unspecified atom stereocenters. The van der Waals surface area contributed by atoms with Crippen molar-refractivity contribution in [2.75, 3.05) is 7.11 Å². The van der Waals surface area contributed by atoms with E-state index in [-0.39, 0.29) is 29.3 Å². The number of ether oxygens (including phenoxy) is 3. The normalized spacial score (nSPS) is 21.3. The molecular formula is C28H30O7. The number of Topliss-reactive ketones (excluding diaryl/α,β-unsaturated/α-hetero) is 1. The second-order valence-corrected chi connectivity index (χ2v) is 9.05. The van der Waals surface area contributed by atoms with Gasteiger partial charge in [0, 0.05) is 24.3 Å². The number of carbonyl (C=O) groups is 3. The van der Waals surface area contributed by atoms with E-state index in [9.17, 15) is 19.5 Å². The summed E-state index contributed by atoms with van der Waals surface area (Å²) in [6.45, 7) is 1.78. The first kappa shape index (κ1) is 24.5. The zero-order chi connectivity index (χ0) is 24.9. The third kappa shape index (κ3) is 5.56. The predicted octanol–water partition coefficient (Wildman–Crippen LogP) is 5.32. The maximum Gasteiger partial charge on any atom is 0.342 e. The van der Waals surface area contributed by atoms with Crippen LogP contribution in [0.3, 0.4) is 0 Å². The van der Waals surface area contributed by atoms with E-state index in [2.05, 4.69) is 0 Å². The molecule has 0 radical (unpaired) electrons. The summed E-state index contributed by atoms with van der Waals surface area (Å²) in [6.07, 6.45) is 6.69. The minimum Gasteiger partial charge on any atom is -0.507 e. The highest BCUT2D eigenvalue weighted by atomic mass is 16.5. The maximum absolute atomic E-state index is 13.2. The summed E-state index contributed by atoms with van der Waals surface area (Å²) in [5, 5.41) is 11.4. The van der Waals surface area contributed by atoms with Crippen LogP contribution in [-0.2, 0) is 14.3 Å². The predicted molar refractivity (Wildman–Crippen MR) is 130 cm³/mol. The molecule has 7 heteroatoms. The second-order valence-electron chi connectivity index (χ2n) is 9.05. The Morgan fingerprint density at radius 3 is 2.54 bits per heavy atom. The highest BCUT2D eigenvalue weighted by Crippen LogP contribution is 2.47. The summed E-state index contributed by atoms with van der Waals surface area (Å²) in [4.78, 5) is 37.7. The number of esters is 2. The molecule has 0 saturated carbocycles. The van der Waals surface area contributed by atoms with Crippen molar-refractivity contribution in [3.8, 4) is 17.2 Å². The lowest BCUT2D eigenvalue weighted by atomic mass is 9.83. The third-order valence-corrected chi connectivity index (χ3v) is 6.50. The molecule has 2 aromatic carbocycles. The minimum absolute atomic E-state index is 0.0288. The molecule has 0 fully saturated rings. The molecular weight excluding hydrogens is 448 g/mol. The molecule has 0 aromatic heterocycles. The maximum atomic E-state index is 13.2. The molecule has 2 heterocycles. The first-order valence-corrected chi connectivity index (χ1v) is 12.0. The number of phenolic OH excluding ortho intramolecular Hbond substituents is 1. The number of phenols is 1. The first-order chi connectivity index (χ1) is 16.9. The van der Waals surface area contributed by atoms with Gasteiger partial charge in [-0.25, -0.2) is 4.79 Å². The molecule has 0 bridgehead atoms. The minimum atomic E-state index is -0.647. The van der Waals surface area contributed by atoms with E-state index >= 15 is 0 Å². The highest BCUT2D eigenvalue weighted by molar-refractivity contribution is 5.98. The third-order valence-electron chi connectivity index (χ3n) is 6.50. The van der Waals surface area contributed by atoms with Gasteiger partial charge < -0.3 is 19.3 Å². The van der Waals surface area contributed by atoms with Crippen molar-refractivity contribution in [2.24, 2.45) is 0 Å². The van der Waals surface area contributed by atoms with Crippen molar-refractivity contribution in [3.63, 3.8) is 0 Å². The van der Waals surface area contributed by atoms with Gasteiger partial charge in [0.1, 0.15) is 28.6 Å². The van der Waals surface area contributed by atoms with Crippen LogP contribution in [0.5, 0.6) is 17.2 Å². The van der Waals surface area contributed by atoms with Gasteiger partial charge in [-0.15, -0.1) is 0 Å². The lowest BCUT2D eigenvalue weighted by molar-refractivity contribution is -0.135. The summed E-state index contributed by atoms with van der Waals surface area (Å²) in [6, 6.07) is 8.85. The van der Waals surface area contributed by atoms with Crippen molar-refractivity contribution in [1.82, 2.24) is 0 Å². The Morgan fingerprint density at radius 1 is 1.06 bits per heavy atom. The van der Waals surface area contributed by atoms with Crippen LogP contribution in [-0.4, -0.2) is 36.0 Å². The molecule has 2 aromatic rings. The average molecular weight is 479 g/mol. The number of hydrogen-bond acceptors (Lipinski definition) is 7. The highest BCUT2D eigenvalue weighted by Gasteiger charge is 2.35. The average Bonchev–Trinajstić information content (AvgIpc) is 2.82. The fourth-order valence-corrected chi connectivity index (χ4v) is 4.64. The number of ketones is 1. The van der Waals surface area contributed by atoms with Crippen LogP contribution in [0, 0.1) is 0 Å². The Labute approximate surface area is 204 Å². The van der Waals surface area contributed by atoms with Crippen molar-refractivity contribution in [1.29, 1.82) is 0 Å². The molecule has 4 rings (SSSR count). The molecule has 0 spiro atoms. The number of hydrogen-bond donors (Lipinski definition) is 1. The van der Waals surface area contributed by atoms with E-state index < -0.39 is 24.0 Å². The lowest BCUT2D eigenvalue weighted by Gasteiger charge is -2.27. The van der Waals surface area contributed by atoms with Crippen molar-refractivity contribution >= 4 is 23.8 Å². The summed E-state index contributed by atoms with van der Waals surface area (Å²) >= 11 is 0. The van der Waals surface area contributed by atoms with E-state index in [1.807, 2.05) is 18.2 Å². The van der Waals surface area contributed by atoms with Crippen LogP contribution in [0.4, 0.5) is 0 Å². The first-order valence-electron chi connectivity index (χ1n) is 12.0. The van der Waals surface area contributed by atoms with Gasteiger partial charge in [0.15, 0.2) is 0 Å². The van der Waals surface area contributed by atoms with E-state index in [0.29, 0.717) is 55.4 Å². The van der Waals surface area contributed by atoms with Gasteiger partial charge in [0.25, 0.3) is 0 Å². The molecule has 0 amide bonds. The molecule has 1 N–H and O–H groups in total. The van der Waals surface area contributed by atoms with Crippen LogP contribution < -0.4 is 9.47 Å². The van der Waals surface area contributed by atoms with Gasteiger partial charge in [-0.05, 0) is 61.9 Å². The molecule has 35 heavy (non-hydrogen) atoms. The molecule has 2 atom stereocenters. The monoisotopic (exact) mass is 478 g/mol. The summed E-state index contributed by atoms with van der Waals surface area (Å²) < 4.78 is 16.4. The van der Waals surface area contributed by atoms with Gasteiger partial charge in [-0.2, -0.15) is 0 Å². The zero-order valence-electron chi connectivity index (χ0n) is 20.0. The van der Waals surface area contributed by atoms with E-state index in [0.717, 1.165) is 5.56 Å². The summed E-state index contributed by atoms with van der Waals surface area (Å²) in [7, 11) is 1.57. The van der Waals surface area contributed by atoms with Gasteiger partial charge in [0.2, 0.25) is 0 Å². The van der Waals surface area contributed by atoms with Crippen LogP contribution >= 0.6 is 0 Å². The molecule has 0 aliphatic carbocycles. The van der Waals surface area contributed by atoms with Crippen molar-refractivity contribution < 1.29 is 33.7 Å². The van der Waals surface area contributed by atoms with E-state index in [1.165, 1.54) is 0 Å². The Hall–Kier alpha value is -3.61. The number of cyclic esters (lactones) is 1. The SMILES string of the molecule is COc1ccc([C@@H]2CC(=O)Oc3cc4c(c(O)c32)C(=O)O[C@H](C)CCCC(=O)CCCC=C4)cc1. The fourth-order valence-electron chi connectivity index (χ4n) is 4.64. The molecule has 2 aliphatic heterocycles. The second kappa shape index (κ2) is 10.8. The summed E-state index contributed by atoms with van der Waals surface area (Å²) in [5.74, 6) is -0.697. The van der Waals surface area contributed by atoms with Gasteiger partial charge in [0.05, 0.1) is 19.6 Å². The van der Waals surface area contributed by atoms with Crippen LogP contribution in [0.25, 0.3) is 6.08 Å². The number of fused-ring (bicyclic) bond motifs is 2. The number of rotatable bonds is 2. The molecule has 0 saturated heterocycles. The molecule has 7 nitrogen and oxygen atoms in total. The number of methoxy groups -OCH3 is 1. The Balaban J connectivity index is 1.79. The smallest absolute Gasteiger partial charge is 0.342 e. The quantitative estimate of drug-likeness (QED) is 0.460. The fraction of sp³-hybridized carbons (Fsp3) is 0.393. The van der Waals surface area contributed by atoms with Crippen molar-refractivity contribution in [2.45, 2.75) is 63.9 Å². The number of allylic oxidation sites excluding steroid dienone is 1. The Bertz CT molecular complexity index is 1150. The van der Waals surface area contributed by atoms with E-state index in [1.54, 1.807) is 38.3 Å². The molecule has 184 valence electrons. The van der Waals surface area contributed by atoms with E-state index in [4.69, 9.17) is 14.2 Å². The Kier molecular flexibility index (Phi) is 7.54. The summed E-state index contributed by atoms with van der Waals surface area (Å²) in [5.41, 5.74) is 1.64. The number of carbonyl (C=O) groups excluding carboxylic acids is 3. The number of benzene rings is 2. The number of aromatic hydroxyl groups is 1. The standard InChI is InChI=1S/C28H30O7/c1-17-7-6-10-20(29)9-5-3-4-8-19-15-23-26(27(31)25(19)28(32)34-17)22(16-24(30)35-23)18-11-13-21(33-2)14-12-18/h4,8,11-15,17,22,31H,3,5-7,9-10,16H2,1-2H3/t17-,22+/m1/s1. The van der Waals surface area contributed by atoms with Gasteiger partial charge >= 0.3 is 11.9 Å².